The quantitative estimate of drug-likeness (QED) is 0.739. The van der Waals surface area contributed by atoms with E-state index in [1.54, 1.807) is 25.1 Å². The van der Waals surface area contributed by atoms with E-state index in [-0.39, 0.29) is 23.6 Å². The molecule has 1 aromatic rings. The van der Waals surface area contributed by atoms with Crippen molar-refractivity contribution in [2.24, 2.45) is 0 Å². The number of nitrogens with one attached hydrogen (secondary N) is 1. The molecule has 0 aliphatic carbocycles. The average Bonchev–Trinajstić information content (AvgIpc) is 2.38. The number of rotatable bonds is 6. The van der Waals surface area contributed by atoms with Gasteiger partial charge in [-0.05, 0) is 12.1 Å². The Kier molecular flexibility index (Phi) is 5.17. The Hall–Kier alpha value is -1.76. The van der Waals surface area contributed by atoms with E-state index in [1.165, 1.54) is 7.11 Å². The predicted octanol–water partition coefficient (Wildman–Crippen LogP) is 0.442. The molecule has 0 saturated carbocycles. The zero-order valence-corrected chi connectivity index (χ0v) is 11.8. The maximum atomic E-state index is 11.9. The highest BCUT2D eigenvalue weighted by Crippen LogP contribution is 2.25. The molecule has 0 fully saturated rings. The fourth-order valence-corrected chi connectivity index (χ4v) is 2.22. The largest absolute Gasteiger partial charge is 0.494 e. The molecule has 19 heavy (non-hydrogen) atoms. The number of anilines is 1. The number of amides is 1. The van der Waals surface area contributed by atoms with Gasteiger partial charge in [0.25, 0.3) is 5.91 Å². The number of carbonyl (C=O) groups is 1. The number of nitrogen functional groups attached to an aromatic ring is 1. The highest BCUT2D eigenvalue weighted by molar-refractivity contribution is 7.91. The van der Waals surface area contributed by atoms with Gasteiger partial charge < -0.3 is 15.8 Å². The minimum absolute atomic E-state index is 0.0600. The lowest BCUT2D eigenvalue weighted by molar-refractivity contribution is 0.0953. The summed E-state index contributed by atoms with van der Waals surface area (Å²) in [7, 11) is -1.67. The normalized spacial score (nSPS) is 11.1. The third-order valence-corrected chi connectivity index (χ3v) is 4.34. The van der Waals surface area contributed by atoms with Crippen LogP contribution in [-0.4, -0.2) is 39.5 Å². The maximum absolute atomic E-state index is 11.9. The second-order valence-corrected chi connectivity index (χ2v) is 6.39. The van der Waals surface area contributed by atoms with Crippen LogP contribution in [-0.2, 0) is 9.84 Å². The van der Waals surface area contributed by atoms with Crippen LogP contribution in [0.15, 0.2) is 18.2 Å². The fraction of sp³-hybridized carbons (Fsp3) is 0.417. The van der Waals surface area contributed by atoms with Crippen molar-refractivity contribution in [3.63, 3.8) is 0 Å². The van der Waals surface area contributed by atoms with E-state index >= 15 is 0 Å². The number of ether oxygens (including phenoxy) is 1. The van der Waals surface area contributed by atoms with Crippen molar-refractivity contribution in [1.29, 1.82) is 0 Å². The molecule has 0 aliphatic rings. The molecule has 0 saturated heterocycles. The molecule has 1 aromatic carbocycles. The Bertz CT molecular complexity index is 555. The summed E-state index contributed by atoms with van der Waals surface area (Å²) in [4.78, 5) is 11.9. The zero-order valence-electron chi connectivity index (χ0n) is 11.0. The highest BCUT2D eigenvalue weighted by atomic mass is 32.2. The summed E-state index contributed by atoms with van der Waals surface area (Å²) < 4.78 is 27.7. The van der Waals surface area contributed by atoms with E-state index in [9.17, 15) is 13.2 Å². The molecule has 0 bridgehead atoms. The second kappa shape index (κ2) is 6.42. The topological polar surface area (TPSA) is 98.5 Å². The summed E-state index contributed by atoms with van der Waals surface area (Å²) in [6, 6.07) is 4.82. The van der Waals surface area contributed by atoms with Crippen molar-refractivity contribution >= 4 is 21.4 Å². The number of sulfone groups is 1. The van der Waals surface area contributed by atoms with Gasteiger partial charge in [-0.2, -0.15) is 0 Å². The molecule has 106 valence electrons. The van der Waals surface area contributed by atoms with Gasteiger partial charge in [0, 0.05) is 12.3 Å². The van der Waals surface area contributed by atoms with Gasteiger partial charge in [-0.25, -0.2) is 8.42 Å². The molecule has 0 spiro atoms. The first-order chi connectivity index (χ1) is 8.91. The lowest BCUT2D eigenvalue weighted by atomic mass is 10.1. The van der Waals surface area contributed by atoms with Gasteiger partial charge in [0.1, 0.15) is 0 Å². The summed E-state index contributed by atoms with van der Waals surface area (Å²) in [6.45, 7) is 1.63. The molecular weight excluding hydrogens is 268 g/mol. The molecule has 1 amide bonds. The summed E-state index contributed by atoms with van der Waals surface area (Å²) in [5.41, 5.74) is 6.33. The number of para-hydroxylation sites is 1. The van der Waals surface area contributed by atoms with Crippen molar-refractivity contribution in [2.45, 2.75) is 6.92 Å². The molecule has 1 rings (SSSR count). The molecule has 6 nitrogen and oxygen atoms in total. The van der Waals surface area contributed by atoms with Crippen LogP contribution in [0.25, 0.3) is 0 Å². The summed E-state index contributed by atoms with van der Waals surface area (Å²) >= 11 is 0. The Labute approximate surface area is 112 Å². The van der Waals surface area contributed by atoms with Crippen LogP contribution in [0.2, 0.25) is 0 Å². The molecule has 0 unspecified atom stereocenters. The number of hydrogen-bond donors (Lipinski definition) is 2. The Morgan fingerprint density at radius 2 is 2.11 bits per heavy atom. The molecular formula is C12H18N2O4S. The van der Waals surface area contributed by atoms with E-state index in [0.717, 1.165) is 0 Å². The van der Waals surface area contributed by atoms with Gasteiger partial charge in [-0.1, -0.05) is 13.0 Å². The summed E-state index contributed by atoms with van der Waals surface area (Å²) in [5, 5.41) is 2.54. The van der Waals surface area contributed by atoms with Crippen LogP contribution in [0, 0.1) is 0 Å². The van der Waals surface area contributed by atoms with E-state index in [1.807, 2.05) is 0 Å². The zero-order chi connectivity index (χ0) is 14.5. The highest BCUT2D eigenvalue weighted by Gasteiger charge is 2.15. The van der Waals surface area contributed by atoms with Gasteiger partial charge in [-0.15, -0.1) is 0 Å². The summed E-state index contributed by atoms with van der Waals surface area (Å²) in [5.74, 6) is -0.140. The van der Waals surface area contributed by atoms with Crippen molar-refractivity contribution in [2.75, 3.05) is 30.9 Å². The van der Waals surface area contributed by atoms with Crippen LogP contribution in [0.5, 0.6) is 5.75 Å². The van der Waals surface area contributed by atoms with E-state index in [2.05, 4.69) is 5.32 Å². The van der Waals surface area contributed by atoms with Gasteiger partial charge in [-0.3, -0.25) is 4.79 Å². The van der Waals surface area contributed by atoms with Gasteiger partial charge in [0.15, 0.2) is 15.6 Å². The number of hydrogen-bond acceptors (Lipinski definition) is 5. The SMILES string of the molecule is CCS(=O)(=O)CCNC(=O)c1cccc(N)c1OC. The Balaban J connectivity index is 2.72. The minimum Gasteiger partial charge on any atom is -0.494 e. The van der Waals surface area contributed by atoms with E-state index < -0.39 is 15.7 Å². The molecule has 0 aromatic heterocycles. The predicted molar refractivity (Wildman–Crippen MR) is 74.1 cm³/mol. The number of methoxy groups -OCH3 is 1. The number of benzene rings is 1. The Morgan fingerprint density at radius 3 is 2.68 bits per heavy atom. The summed E-state index contributed by atoms with van der Waals surface area (Å²) in [6.07, 6.45) is 0. The molecule has 0 atom stereocenters. The smallest absolute Gasteiger partial charge is 0.255 e. The molecule has 0 aliphatic heterocycles. The van der Waals surface area contributed by atoms with Crippen LogP contribution < -0.4 is 15.8 Å². The number of carbonyl (C=O) groups excluding carboxylic acids is 1. The first-order valence-electron chi connectivity index (χ1n) is 5.82. The van der Waals surface area contributed by atoms with Crippen LogP contribution in [0.4, 0.5) is 5.69 Å². The first-order valence-corrected chi connectivity index (χ1v) is 7.64. The van der Waals surface area contributed by atoms with Gasteiger partial charge in [0.05, 0.1) is 24.1 Å². The monoisotopic (exact) mass is 286 g/mol. The van der Waals surface area contributed by atoms with Crippen molar-refractivity contribution in [3.05, 3.63) is 23.8 Å². The standard InChI is InChI=1S/C12H18N2O4S/c1-3-19(16,17)8-7-14-12(15)9-5-4-6-10(13)11(9)18-2/h4-6H,3,7-8,13H2,1-2H3,(H,14,15). The van der Waals surface area contributed by atoms with Crippen LogP contribution in [0.1, 0.15) is 17.3 Å². The average molecular weight is 286 g/mol. The third kappa shape index (κ3) is 4.13. The van der Waals surface area contributed by atoms with Gasteiger partial charge >= 0.3 is 0 Å². The fourth-order valence-electron chi connectivity index (χ4n) is 1.52. The molecule has 7 heteroatoms. The molecule has 3 N–H and O–H groups in total. The van der Waals surface area contributed by atoms with Crippen LogP contribution >= 0.6 is 0 Å². The van der Waals surface area contributed by atoms with Crippen molar-refractivity contribution in [1.82, 2.24) is 5.32 Å². The van der Waals surface area contributed by atoms with Crippen LogP contribution in [0.3, 0.4) is 0 Å². The van der Waals surface area contributed by atoms with E-state index in [4.69, 9.17) is 10.5 Å². The van der Waals surface area contributed by atoms with Gasteiger partial charge in [0.2, 0.25) is 0 Å². The second-order valence-electron chi connectivity index (χ2n) is 3.92. The lowest BCUT2D eigenvalue weighted by Crippen LogP contribution is -2.30. The van der Waals surface area contributed by atoms with E-state index in [0.29, 0.717) is 11.4 Å². The maximum Gasteiger partial charge on any atom is 0.255 e. The third-order valence-electron chi connectivity index (χ3n) is 2.63. The number of nitrogens with two attached hydrogens (primary N) is 1. The Morgan fingerprint density at radius 1 is 1.42 bits per heavy atom. The lowest BCUT2D eigenvalue weighted by Gasteiger charge is -2.11. The van der Waals surface area contributed by atoms with Crippen molar-refractivity contribution < 1.29 is 17.9 Å². The van der Waals surface area contributed by atoms with Crippen molar-refractivity contribution in [3.8, 4) is 5.75 Å². The molecule has 0 heterocycles. The minimum atomic E-state index is -3.09. The first kappa shape index (κ1) is 15.3. The molecule has 0 radical (unpaired) electrons.